The van der Waals surface area contributed by atoms with Gasteiger partial charge in [0.05, 0.1) is 26.9 Å². The molecule has 7 nitrogen and oxygen atoms in total. The summed E-state index contributed by atoms with van der Waals surface area (Å²) >= 11 is 0. The van der Waals surface area contributed by atoms with Gasteiger partial charge in [0.2, 0.25) is 0 Å². The number of hydrogen-bond acceptors (Lipinski definition) is 5. The minimum Gasteiger partial charge on any atom is -0.493 e. The summed E-state index contributed by atoms with van der Waals surface area (Å²) in [7, 11) is 3.07. The molecule has 0 saturated heterocycles. The van der Waals surface area contributed by atoms with E-state index in [1.807, 2.05) is 0 Å². The molecule has 2 N–H and O–H groups in total. The predicted octanol–water partition coefficient (Wildman–Crippen LogP) is 0.722. The van der Waals surface area contributed by atoms with Crippen molar-refractivity contribution in [3.63, 3.8) is 0 Å². The molecule has 0 fully saturated rings. The van der Waals surface area contributed by atoms with Crippen LogP contribution in [0, 0.1) is 0 Å². The summed E-state index contributed by atoms with van der Waals surface area (Å²) in [6.07, 6.45) is 0. The molecule has 0 aliphatic rings. The van der Waals surface area contributed by atoms with E-state index in [9.17, 15) is 9.59 Å². The van der Waals surface area contributed by atoms with Crippen molar-refractivity contribution in [2.45, 2.75) is 19.9 Å². The Morgan fingerprint density at radius 1 is 1.26 bits per heavy atom. The number of hydrogen-bond donors (Lipinski definition) is 2. The van der Waals surface area contributed by atoms with Crippen molar-refractivity contribution in [3.8, 4) is 11.5 Å². The summed E-state index contributed by atoms with van der Waals surface area (Å²) in [5.74, 6) is -0.227. The highest BCUT2D eigenvalue weighted by atomic mass is 16.5. The number of benzene rings is 1. The third-order valence-corrected chi connectivity index (χ3v) is 3.49. The number of likely N-dealkylation sites (N-methyl/N-ethyl adjacent to an activating group) is 1. The molecule has 0 aliphatic heterocycles. The second-order valence-electron chi connectivity index (χ2n) is 4.92. The molecule has 1 aromatic carbocycles. The highest BCUT2D eigenvalue weighted by molar-refractivity contribution is 6.35. The van der Waals surface area contributed by atoms with E-state index in [-0.39, 0.29) is 19.2 Å². The molecule has 7 heteroatoms. The number of carbonyl (C=O) groups is 2. The average Bonchev–Trinajstić information content (AvgIpc) is 2.58. The standard InChI is InChI=1S/C16H24N2O5/c1-5-18(8-9-19)16(21)15(20)17-11(2)12-6-7-13(22-3)14(10-12)23-4/h6-7,10-11,19H,5,8-9H2,1-4H3,(H,17,20). The molecular weight excluding hydrogens is 300 g/mol. The van der Waals surface area contributed by atoms with Gasteiger partial charge < -0.3 is 24.8 Å². The van der Waals surface area contributed by atoms with Crippen molar-refractivity contribution < 1.29 is 24.2 Å². The molecule has 1 unspecified atom stereocenters. The van der Waals surface area contributed by atoms with Gasteiger partial charge in [-0.1, -0.05) is 6.07 Å². The van der Waals surface area contributed by atoms with Crippen LogP contribution in [0.2, 0.25) is 0 Å². The number of carbonyl (C=O) groups excluding carboxylic acids is 2. The Balaban J connectivity index is 2.80. The third-order valence-electron chi connectivity index (χ3n) is 3.49. The summed E-state index contributed by atoms with van der Waals surface area (Å²) < 4.78 is 10.4. The molecule has 0 heterocycles. The van der Waals surface area contributed by atoms with E-state index >= 15 is 0 Å². The minimum absolute atomic E-state index is 0.132. The molecule has 0 bridgehead atoms. The van der Waals surface area contributed by atoms with Crippen LogP contribution >= 0.6 is 0 Å². The minimum atomic E-state index is -0.706. The topological polar surface area (TPSA) is 88.1 Å². The van der Waals surface area contributed by atoms with Crippen LogP contribution in [0.4, 0.5) is 0 Å². The van der Waals surface area contributed by atoms with Crippen LogP contribution in [-0.4, -0.2) is 55.7 Å². The first-order chi connectivity index (χ1) is 11.0. The normalized spacial score (nSPS) is 11.5. The van der Waals surface area contributed by atoms with Crippen molar-refractivity contribution in [2.75, 3.05) is 33.9 Å². The summed E-state index contributed by atoms with van der Waals surface area (Å²) in [6.45, 7) is 3.83. The van der Waals surface area contributed by atoms with Crippen molar-refractivity contribution >= 4 is 11.8 Å². The van der Waals surface area contributed by atoms with Crippen molar-refractivity contribution in [2.24, 2.45) is 0 Å². The Morgan fingerprint density at radius 3 is 2.43 bits per heavy atom. The van der Waals surface area contributed by atoms with E-state index in [2.05, 4.69) is 5.32 Å². The lowest BCUT2D eigenvalue weighted by Crippen LogP contribution is -2.44. The number of nitrogens with zero attached hydrogens (tertiary/aromatic N) is 1. The fourth-order valence-corrected chi connectivity index (χ4v) is 2.13. The number of rotatable bonds is 7. The van der Waals surface area contributed by atoms with E-state index in [0.29, 0.717) is 18.0 Å². The summed E-state index contributed by atoms with van der Waals surface area (Å²) in [5, 5.41) is 11.6. The fraction of sp³-hybridized carbons (Fsp3) is 0.500. The van der Waals surface area contributed by atoms with Crippen LogP contribution in [0.3, 0.4) is 0 Å². The van der Waals surface area contributed by atoms with E-state index in [1.54, 1.807) is 39.2 Å². The SMILES string of the molecule is CCN(CCO)C(=O)C(=O)NC(C)c1ccc(OC)c(OC)c1. The maximum absolute atomic E-state index is 12.0. The van der Waals surface area contributed by atoms with Crippen LogP contribution in [0.15, 0.2) is 18.2 Å². The van der Waals surface area contributed by atoms with Gasteiger partial charge in [-0.25, -0.2) is 0 Å². The van der Waals surface area contributed by atoms with E-state index in [4.69, 9.17) is 14.6 Å². The van der Waals surface area contributed by atoms with Gasteiger partial charge in [-0.05, 0) is 31.5 Å². The van der Waals surface area contributed by atoms with Gasteiger partial charge in [-0.3, -0.25) is 9.59 Å². The fourth-order valence-electron chi connectivity index (χ4n) is 2.13. The first-order valence-electron chi connectivity index (χ1n) is 7.41. The lowest BCUT2D eigenvalue weighted by Gasteiger charge is -2.21. The van der Waals surface area contributed by atoms with Gasteiger partial charge in [-0.15, -0.1) is 0 Å². The zero-order chi connectivity index (χ0) is 17.4. The first kappa shape index (κ1) is 18.8. The number of ether oxygens (including phenoxy) is 2. The lowest BCUT2D eigenvalue weighted by atomic mass is 10.1. The molecule has 0 aliphatic carbocycles. The predicted molar refractivity (Wildman–Crippen MR) is 85.4 cm³/mol. The van der Waals surface area contributed by atoms with Crippen LogP contribution < -0.4 is 14.8 Å². The molecule has 23 heavy (non-hydrogen) atoms. The van der Waals surface area contributed by atoms with Crippen molar-refractivity contribution in [1.29, 1.82) is 0 Å². The largest absolute Gasteiger partial charge is 0.493 e. The average molecular weight is 324 g/mol. The maximum Gasteiger partial charge on any atom is 0.311 e. The van der Waals surface area contributed by atoms with Crippen molar-refractivity contribution in [1.82, 2.24) is 10.2 Å². The van der Waals surface area contributed by atoms with Crippen LogP contribution in [0.5, 0.6) is 11.5 Å². The smallest absolute Gasteiger partial charge is 0.311 e. The second-order valence-corrected chi connectivity index (χ2v) is 4.92. The van der Waals surface area contributed by atoms with Crippen molar-refractivity contribution in [3.05, 3.63) is 23.8 Å². The van der Waals surface area contributed by atoms with Gasteiger partial charge in [0.15, 0.2) is 11.5 Å². The molecule has 128 valence electrons. The Bertz CT molecular complexity index is 547. The molecule has 2 amide bonds. The quantitative estimate of drug-likeness (QED) is 0.722. The highest BCUT2D eigenvalue weighted by Gasteiger charge is 2.22. The Labute approximate surface area is 136 Å². The number of methoxy groups -OCH3 is 2. The monoisotopic (exact) mass is 324 g/mol. The van der Waals surface area contributed by atoms with Gasteiger partial charge in [-0.2, -0.15) is 0 Å². The maximum atomic E-state index is 12.0. The summed E-state index contributed by atoms with van der Waals surface area (Å²) in [4.78, 5) is 25.3. The van der Waals surface area contributed by atoms with Crippen LogP contribution in [0.1, 0.15) is 25.5 Å². The lowest BCUT2D eigenvalue weighted by molar-refractivity contribution is -0.146. The molecule has 0 spiro atoms. The highest BCUT2D eigenvalue weighted by Crippen LogP contribution is 2.29. The van der Waals surface area contributed by atoms with E-state index in [1.165, 1.54) is 12.0 Å². The molecule has 0 aromatic heterocycles. The molecule has 0 radical (unpaired) electrons. The van der Waals surface area contributed by atoms with E-state index in [0.717, 1.165) is 5.56 Å². The molecule has 1 atom stereocenters. The molecule has 0 saturated carbocycles. The number of nitrogens with one attached hydrogen (secondary N) is 1. The zero-order valence-corrected chi connectivity index (χ0v) is 14.0. The van der Waals surface area contributed by atoms with Crippen LogP contribution in [0.25, 0.3) is 0 Å². The Hall–Kier alpha value is -2.28. The zero-order valence-electron chi connectivity index (χ0n) is 14.0. The Morgan fingerprint density at radius 2 is 1.91 bits per heavy atom. The molecule has 1 aromatic rings. The second kappa shape index (κ2) is 8.99. The third kappa shape index (κ3) is 4.85. The summed E-state index contributed by atoms with van der Waals surface area (Å²) in [5.41, 5.74) is 0.786. The molecular formula is C16H24N2O5. The van der Waals surface area contributed by atoms with Gasteiger partial charge >= 0.3 is 11.8 Å². The van der Waals surface area contributed by atoms with Gasteiger partial charge in [0.1, 0.15) is 0 Å². The van der Waals surface area contributed by atoms with E-state index < -0.39 is 11.8 Å². The van der Waals surface area contributed by atoms with Crippen LogP contribution in [-0.2, 0) is 9.59 Å². The molecule has 1 rings (SSSR count). The first-order valence-corrected chi connectivity index (χ1v) is 7.41. The Kier molecular flexibility index (Phi) is 7.34. The number of aliphatic hydroxyl groups is 1. The number of amides is 2. The summed E-state index contributed by atoms with van der Waals surface area (Å²) in [6, 6.07) is 4.91. The van der Waals surface area contributed by atoms with Gasteiger partial charge in [0.25, 0.3) is 0 Å². The van der Waals surface area contributed by atoms with Gasteiger partial charge in [0, 0.05) is 13.1 Å². The number of aliphatic hydroxyl groups excluding tert-OH is 1.